The molecule has 2 aliphatic heterocycles. The number of hydrogen-bond donors (Lipinski definition) is 2. The van der Waals surface area contributed by atoms with Gasteiger partial charge in [-0.05, 0) is 37.1 Å². The number of aromatic amines is 1. The Balaban J connectivity index is 1.30. The Kier molecular flexibility index (Phi) is 4.17. The molecule has 0 radical (unpaired) electrons. The molecule has 1 aromatic heterocycles. The van der Waals surface area contributed by atoms with Crippen molar-refractivity contribution in [3.05, 3.63) is 66.0 Å². The van der Waals surface area contributed by atoms with Crippen LogP contribution >= 0.6 is 0 Å². The molecule has 0 bridgehead atoms. The highest BCUT2D eigenvalue weighted by Crippen LogP contribution is 2.31. The van der Waals surface area contributed by atoms with Gasteiger partial charge in [0.25, 0.3) is 5.91 Å². The normalized spacial score (nSPS) is 18.5. The SMILES string of the molecule is C=C1c2ccccc2C(=O)N1CC(=O)Nc1ccc2nc(C3CCCO3)[nH]c2c1. The fraction of sp³-hybridized carbons (Fsp3) is 0.227. The number of fused-ring (bicyclic) bond motifs is 2. The molecule has 1 saturated heterocycles. The summed E-state index contributed by atoms with van der Waals surface area (Å²) in [6.45, 7) is 4.64. The quantitative estimate of drug-likeness (QED) is 0.716. The van der Waals surface area contributed by atoms with E-state index in [9.17, 15) is 9.59 Å². The molecule has 2 aliphatic rings. The van der Waals surface area contributed by atoms with E-state index in [-0.39, 0.29) is 24.5 Å². The molecular weight excluding hydrogens is 368 g/mol. The Hall–Kier alpha value is -3.45. The van der Waals surface area contributed by atoms with E-state index in [1.165, 1.54) is 4.90 Å². The molecule has 2 N–H and O–H groups in total. The molecule has 1 atom stereocenters. The molecule has 3 aromatic rings. The summed E-state index contributed by atoms with van der Waals surface area (Å²) < 4.78 is 5.68. The number of benzene rings is 2. The second-order valence-corrected chi connectivity index (χ2v) is 7.29. The summed E-state index contributed by atoms with van der Waals surface area (Å²) in [4.78, 5) is 34.4. The lowest BCUT2D eigenvalue weighted by Gasteiger charge is -2.17. The van der Waals surface area contributed by atoms with E-state index in [1.54, 1.807) is 18.2 Å². The largest absolute Gasteiger partial charge is 0.370 e. The maximum absolute atomic E-state index is 12.6. The van der Waals surface area contributed by atoms with Crippen molar-refractivity contribution in [2.75, 3.05) is 18.5 Å². The second-order valence-electron chi connectivity index (χ2n) is 7.29. The second kappa shape index (κ2) is 6.86. The van der Waals surface area contributed by atoms with Crippen molar-refractivity contribution in [3.8, 4) is 0 Å². The molecule has 0 saturated carbocycles. The molecule has 1 unspecified atom stereocenters. The lowest BCUT2D eigenvalue weighted by Crippen LogP contribution is -2.32. The van der Waals surface area contributed by atoms with Gasteiger partial charge in [-0.3, -0.25) is 14.5 Å². The van der Waals surface area contributed by atoms with Gasteiger partial charge in [0.05, 0.1) is 11.0 Å². The number of imidazole rings is 1. The van der Waals surface area contributed by atoms with E-state index in [2.05, 4.69) is 21.9 Å². The number of aromatic nitrogens is 2. The molecule has 29 heavy (non-hydrogen) atoms. The Bertz CT molecular complexity index is 1110. The molecular formula is C22H20N4O3. The van der Waals surface area contributed by atoms with Crippen LogP contribution in [-0.4, -0.2) is 39.8 Å². The first-order chi connectivity index (χ1) is 14.1. The highest BCUT2D eigenvalue weighted by Gasteiger charge is 2.31. The van der Waals surface area contributed by atoms with E-state index < -0.39 is 0 Å². The molecule has 1 fully saturated rings. The number of rotatable bonds is 4. The van der Waals surface area contributed by atoms with Crippen LogP contribution in [-0.2, 0) is 9.53 Å². The van der Waals surface area contributed by atoms with E-state index in [1.807, 2.05) is 24.3 Å². The van der Waals surface area contributed by atoms with Gasteiger partial charge in [0.1, 0.15) is 18.5 Å². The molecule has 7 nitrogen and oxygen atoms in total. The monoisotopic (exact) mass is 388 g/mol. The summed E-state index contributed by atoms with van der Waals surface area (Å²) in [5.41, 5.74) is 4.19. The van der Waals surface area contributed by atoms with Crippen LogP contribution < -0.4 is 5.32 Å². The van der Waals surface area contributed by atoms with Gasteiger partial charge in [0.2, 0.25) is 5.91 Å². The Morgan fingerprint density at radius 2 is 2.10 bits per heavy atom. The first-order valence-corrected chi connectivity index (χ1v) is 9.61. The van der Waals surface area contributed by atoms with Crippen molar-refractivity contribution < 1.29 is 14.3 Å². The number of nitrogens with one attached hydrogen (secondary N) is 2. The zero-order valence-electron chi connectivity index (χ0n) is 15.8. The topological polar surface area (TPSA) is 87.3 Å². The van der Waals surface area contributed by atoms with Gasteiger partial charge in [0.15, 0.2) is 0 Å². The van der Waals surface area contributed by atoms with E-state index >= 15 is 0 Å². The number of ether oxygens (including phenoxy) is 1. The van der Waals surface area contributed by atoms with Gasteiger partial charge in [-0.15, -0.1) is 0 Å². The third kappa shape index (κ3) is 3.09. The molecule has 0 spiro atoms. The standard InChI is InChI=1S/C22H20N4O3/c1-13-15-5-2-3-6-16(15)22(28)26(13)12-20(27)23-14-8-9-17-18(11-14)25-21(24-17)19-7-4-10-29-19/h2-3,5-6,8-9,11,19H,1,4,7,10,12H2,(H,23,27)(H,24,25). The van der Waals surface area contributed by atoms with Gasteiger partial charge in [-0.2, -0.15) is 0 Å². The van der Waals surface area contributed by atoms with Gasteiger partial charge in [0, 0.05) is 29.1 Å². The zero-order valence-corrected chi connectivity index (χ0v) is 15.8. The minimum Gasteiger partial charge on any atom is -0.370 e. The van der Waals surface area contributed by atoms with Crippen molar-refractivity contribution in [1.29, 1.82) is 0 Å². The minimum absolute atomic E-state index is 0.00858. The van der Waals surface area contributed by atoms with Crippen LogP contribution in [0.25, 0.3) is 16.7 Å². The predicted octanol–water partition coefficient (Wildman–Crippen LogP) is 3.48. The van der Waals surface area contributed by atoms with Crippen LogP contribution in [0.15, 0.2) is 49.0 Å². The third-order valence-corrected chi connectivity index (χ3v) is 5.36. The summed E-state index contributed by atoms with van der Waals surface area (Å²) in [5.74, 6) is 0.328. The van der Waals surface area contributed by atoms with Gasteiger partial charge in [-0.25, -0.2) is 4.98 Å². The first-order valence-electron chi connectivity index (χ1n) is 9.61. The van der Waals surface area contributed by atoms with Gasteiger partial charge in [-0.1, -0.05) is 24.8 Å². The smallest absolute Gasteiger partial charge is 0.259 e. The van der Waals surface area contributed by atoms with Gasteiger partial charge >= 0.3 is 0 Å². The summed E-state index contributed by atoms with van der Waals surface area (Å²) in [5, 5.41) is 2.85. The number of anilines is 1. The third-order valence-electron chi connectivity index (χ3n) is 5.36. The van der Waals surface area contributed by atoms with Crippen LogP contribution in [0.5, 0.6) is 0 Å². The fourth-order valence-electron chi connectivity index (χ4n) is 3.90. The predicted molar refractivity (Wildman–Crippen MR) is 109 cm³/mol. The average molecular weight is 388 g/mol. The van der Waals surface area contributed by atoms with Crippen LogP contribution in [0.1, 0.15) is 40.7 Å². The van der Waals surface area contributed by atoms with Crippen molar-refractivity contribution in [3.63, 3.8) is 0 Å². The zero-order chi connectivity index (χ0) is 20.0. The lowest BCUT2D eigenvalue weighted by molar-refractivity contribution is -0.116. The molecule has 7 heteroatoms. The van der Waals surface area contributed by atoms with Crippen molar-refractivity contribution in [2.24, 2.45) is 0 Å². The molecule has 2 aromatic carbocycles. The maximum atomic E-state index is 12.6. The highest BCUT2D eigenvalue weighted by atomic mass is 16.5. The van der Waals surface area contributed by atoms with Crippen LogP contribution in [0.2, 0.25) is 0 Å². The number of carbonyl (C=O) groups excluding carboxylic acids is 2. The summed E-state index contributed by atoms with van der Waals surface area (Å²) >= 11 is 0. The van der Waals surface area contributed by atoms with Crippen LogP contribution in [0.3, 0.4) is 0 Å². The average Bonchev–Trinajstić information content (AvgIpc) is 3.44. The van der Waals surface area contributed by atoms with Crippen molar-refractivity contribution in [2.45, 2.75) is 18.9 Å². The molecule has 146 valence electrons. The number of nitrogens with zero attached hydrogens (tertiary/aromatic N) is 2. The van der Waals surface area contributed by atoms with E-state index in [0.717, 1.165) is 41.9 Å². The number of H-pyrrole nitrogens is 1. The van der Waals surface area contributed by atoms with Crippen LogP contribution in [0.4, 0.5) is 5.69 Å². The number of hydrogen-bond acceptors (Lipinski definition) is 4. The Morgan fingerprint density at radius 3 is 2.86 bits per heavy atom. The summed E-state index contributed by atoms with van der Waals surface area (Å²) in [6.07, 6.45) is 2.00. The minimum atomic E-state index is -0.287. The number of carbonyl (C=O) groups is 2. The lowest BCUT2D eigenvalue weighted by atomic mass is 10.1. The fourth-order valence-corrected chi connectivity index (χ4v) is 3.90. The summed E-state index contributed by atoms with van der Waals surface area (Å²) in [6, 6.07) is 12.7. The Morgan fingerprint density at radius 1 is 1.28 bits per heavy atom. The maximum Gasteiger partial charge on any atom is 0.259 e. The first kappa shape index (κ1) is 17.6. The molecule has 3 heterocycles. The van der Waals surface area contributed by atoms with Crippen molar-refractivity contribution in [1.82, 2.24) is 14.9 Å². The van der Waals surface area contributed by atoms with Crippen molar-refractivity contribution >= 4 is 34.2 Å². The molecule has 0 aliphatic carbocycles. The molecule has 5 rings (SSSR count). The van der Waals surface area contributed by atoms with E-state index in [0.29, 0.717) is 16.9 Å². The molecule has 2 amide bonds. The number of amides is 2. The summed E-state index contributed by atoms with van der Waals surface area (Å²) in [7, 11) is 0. The Labute approximate surface area is 167 Å². The van der Waals surface area contributed by atoms with E-state index in [4.69, 9.17) is 4.74 Å². The highest BCUT2D eigenvalue weighted by molar-refractivity contribution is 6.11. The van der Waals surface area contributed by atoms with Crippen LogP contribution in [0, 0.1) is 0 Å². The van der Waals surface area contributed by atoms with Gasteiger partial charge < -0.3 is 15.0 Å².